The topological polar surface area (TPSA) is 60.1 Å². The molecule has 5 heteroatoms. The second-order valence-electron chi connectivity index (χ2n) is 6.54. The monoisotopic (exact) mass is 343 g/mol. The molecule has 0 radical (unpaired) electrons. The molecule has 0 rings (SSSR count). The van der Waals surface area contributed by atoms with Crippen LogP contribution in [0.3, 0.4) is 0 Å². The second kappa shape index (κ2) is 20.8. The molecule has 5 nitrogen and oxygen atoms in total. The minimum atomic E-state index is 0.730. The van der Waals surface area contributed by atoms with E-state index < -0.39 is 0 Å². The summed E-state index contributed by atoms with van der Waals surface area (Å²) in [6, 6.07) is 0. The van der Waals surface area contributed by atoms with Gasteiger partial charge in [0.25, 0.3) is 0 Å². The van der Waals surface area contributed by atoms with Crippen LogP contribution in [0.15, 0.2) is 0 Å². The van der Waals surface area contributed by atoms with E-state index in [2.05, 4.69) is 47.4 Å². The van der Waals surface area contributed by atoms with Crippen LogP contribution in [0.2, 0.25) is 0 Å². The van der Waals surface area contributed by atoms with Gasteiger partial charge in [-0.05, 0) is 103 Å². The fourth-order valence-electron chi connectivity index (χ4n) is 2.72. The Labute approximate surface area is 151 Å². The van der Waals surface area contributed by atoms with Crippen LogP contribution in [0, 0.1) is 5.92 Å². The van der Waals surface area contributed by atoms with Crippen molar-refractivity contribution in [3.8, 4) is 0 Å². The predicted octanol–water partition coefficient (Wildman–Crippen LogP) is 1.56. The van der Waals surface area contributed by atoms with Crippen molar-refractivity contribution in [2.24, 2.45) is 5.92 Å². The fraction of sp³-hybridized carbons (Fsp3) is 1.00. The van der Waals surface area contributed by atoms with E-state index in [0.717, 1.165) is 71.4 Å². The lowest BCUT2D eigenvalue weighted by Crippen LogP contribution is -2.34. The first-order valence-electron chi connectivity index (χ1n) is 10.4. The molecule has 0 aromatic rings. The van der Waals surface area contributed by atoms with Crippen molar-refractivity contribution in [1.29, 1.82) is 0 Å². The molecule has 0 aliphatic heterocycles. The van der Waals surface area contributed by atoms with Crippen LogP contribution < -0.4 is 26.6 Å². The van der Waals surface area contributed by atoms with Crippen molar-refractivity contribution < 1.29 is 0 Å². The Morgan fingerprint density at radius 3 is 1.50 bits per heavy atom. The van der Waals surface area contributed by atoms with Crippen molar-refractivity contribution >= 4 is 0 Å². The van der Waals surface area contributed by atoms with Gasteiger partial charge in [-0.25, -0.2) is 0 Å². The molecule has 1 unspecified atom stereocenters. The van der Waals surface area contributed by atoms with Gasteiger partial charge in [0.15, 0.2) is 0 Å². The lowest BCUT2D eigenvalue weighted by molar-refractivity contribution is 0.406. The molecule has 0 fully saturated rings. The van der Waals surface area contributed by atoms with Crippen molar-refractivity contribution in [1.82, 2.24) is 26.6 Å². The van der Waals surface area contributed by atoms with Crippen LogP contribution in [0.1, 0.15) is 52.9 Å². The third-order valence-electron chi connectivity index (χ3n) is 4.26. The molecule has 0 spiro atoms. The minimum Gasteiger partial charge on any atom is -0.317 e. The van der Waals surface area contributed by atoms with Gasteiger partial charge in [0.05, 0.1) is 0 Å². The largest absolute Gasteiger partial charge is 0.317 e. The number of hydrogen-bond acceptors (Lipinski definition) is 5. The first-order valence-corrected chi connectivity index (χ1v) is 10.4. The molecule has 0 saturated heterocycles. The maximum Gasteiger partial charge on any atom is -0.000790 e. The highest BCUT2D eigenvalue weighted by molar-refractivity contribution is 4.67. The van der Waals surface area contributed by atoms with Crippen LogP contribution >= 0.6 is 0 Å². The molecular weight excluding hydrogens is 298 g/mol. The molecule has 146 valence electrons. The standard InChI is InChI=1S/C19H45N5/c1-4-20-12-7-9-14-23-16-11-19(17-22-6-3)18-24-15-10-8-13-21-5-2/h19-24H,4-18H2,1-3H3. The zero-order valence-corrected chi connectivity index (χ0v) is 16.7. The quantitative estimate of drug-likeness (QED) is 0.217. The van der Waals surface area contributed by atoms with E-state index >= 15 is 0 Å². The van der Waals surface area contributed by atoms with E-state index in [9.17, 15) is 0 Å². The van der Waals surface area contributed by atoms with Crippen LogP contribution in [0.4, 0.5) is 0 Å². The lowest BCUT2D eigenvalue weighted by atomic mass is 10.1. The highest BCUT2D eigenvalue weighted by atomic mass is 14.9. The van der Waals surface area contributed by atoms with E-state index in [1.165, 1.54) is 32.1 Å². The smallest absolute Gasteiger partial charge is 0.000790 e. The summed E-state index contributed by atoms with van der Waals surface area (Å²) in [6.07, 6.45) is 6.34. The fourth-order valence-corrected chi connectivity index (χ4v) is 2.72. The zero-order chi connectivity index (χ0) is 17.7. The van der Waals surface area contributed by atoms with Gasteiger partial charge in [-0.2, -0.15) is 0 Å². The van der Waals surface area contributed by atoms with Gasteiger partial charge < -0.3 is 26.6 Å². The first-order chi connectivity index (χ1) is 11.8. The molecule has 0 heterocycles. The molecule has 0 aliphatic carbocycles. The molecule has 24 heavy (non-hydrogen) atoms. The summed E-state index contributed by atoms with van der Waals surface area (Å²) in [5, 5.41) is 17.5. The minimum absolute atomic E-state index is 0.730. The summed E-state index contributed by atoms with van der Waals surface area (Å²) in [5.41, 5.74) is 0. The summed E-state index contributed by atoms with van der Waals surface area (Å²) >= 11 is 0. The molecule has 0 saturated carbocycles. The van der Waals surface area contributed by atoms with Gasteiger partial charge in [0.2, 0.25) is 0 Å². The SMILES string of the molecule is CCNCCCCNCCC(CNCC)CNCCCCNCC. The lowest BCUT2D eigenvalue weighted by Gasteiger charge is -2.18. The van der Waals surface area contributed by atoms with Gasteiger partial charge in [-0.15, -0.1) is 0 Å². The number of rotatable bonds is 20. The highest BCUT2D eigenvalue weighted by Gasteiger charge is 2.07. The van der Waals surface area contributed by atoms with Gasteiger partial charge in [0.1, 0.15) is 0 Å². The van der Waals surface area contributed by atoms with Crippen molar-refractivity contribution in [3.05, 3.63) is 0 Å². The molecule has 1 atom stereocenters. The number of hydrogen-bond donors (Lipinski definition) is 5. The molecule has 0 amide bonds. The summed E-state index contributed by atoms with van der Waals surface area (Å²) in [5.74, 6) is 0.730. The summed E-state index contributed by atoms with van der Waals surface area (Å²) < 4.78 is 0. The van der Waals surface area contributed by atoms with E-state index in [1.54, 1.807) is 0 Å². The Morgan fingerprint density at radius 2 is 0.958 bits per heavy atom. The van der Waals surface area contributed by atoms with Crippen LogP contribution in [0.25, 0.3) is 0 Å². The van der Waals surface area contributed by atoms with E-state index in [1.807, 2.05) is 0 Å². The van der Waals surface area contributed by atoms with E-state index in [4.69, 9.17) is 0 Å². The normalized spacial score (nSPS) is 12.6. The van der Waals surface area contributed by atoms with Crippen LogP contribution in [-0.2, 0) is 0 Å². The van der Waals surface area contributed by atoms with Crippen molar-refractivity contribution in [2.45, 2.75) is 52.9 Å². The second-order valence-corrected chi connectivity index (χ2v) is 6.54. The molecule has 0 aliphatic rings. The van der Waals surface area contributed by atoms with Crippen LogP contribution in [-0.4, -0.2) is 65.4 Å². The predicted molar refractivity (Wildman–Crippen MR) is 108 cm³/mol. The zero-order valence-electron chi connectivity index (χ0n) is 16.7. The third-order valence-corrected chi connectivity index (χ3v) is 4.26. The van der Waals surface area contributed by atoms with Gasteiger partial charge in [-0.1, -0.05) is 20.8 Å². The Balaban J connectivity index is 3.55. The van der Waals surface area contributed by atoms with Gasteiger partial charge in [-0.3, -0.25) is 0 Å². The maximum absolute atomic E-state index is 3.64. The van der Waals surface area contributed by atoms with Crippen molar-refractivity contribution in [3.63, 3.8) is 0 Å². The summed E-state index contributed by atoms with van der Waals surface area (Å²) in [7, 11) is 0. The first kappa shape index (κ1) is 23.8. The van der Waals surface area contributed by atoms with E-state index in [-0.39, 0.29) is 0 Å². The number of nitrogens with one attached hydrogen (secondary N) is 5. The highest BCUT2D eigenvalue weighted by Crippen LogP contribution is 2.00. The Morgan fingerprint density at radius 1 is 0.500 bits per heavy atom. The molecule has 0 aromatic heterocycles. The molecular formula is C19H45N5. The van der Waals surface area contributed by atoms with Crippen molar-refractivity contribution in [2.75, 3.05) is 65.4 Å². The third kappa shape index (κ3) is 18.1. The Bertz CT molecular complexity index is 226. The average Bonchev–Trinajstić information content (AvgIpc) is 2.60. The summed E-state index contributed by atoms with van der Waals surface area (Å²) in [6.45, 7) is 17.8. The van der Waals surface area contributed by atoms with E-state index in [0.29, 0.717) is 0 Å². The molecule has 0 aromatic carbocycles. The van der Waals surface area contributed by atoms with Gasteiger partial charge in [0, 0.05) is 0 Å². The summed E-state index contributed by atoms with van der Waals surface area (Å²) in [4.78, 5) is 0. The molecule has 5 N–H and O–H groups in total. The Hall–Kier alpha value is -0.200. The van der Waals surface area contributed by atoms with Crippen LogP contribution in [0.5, 0.6) is 0 Å². The Kier molecular flexibility index (Phi) is 20.7. The van der Waals surface area contributed by atoms with Gasteiger partial charge >= 0.3 is 0 Å². The average molecular weight is 344 g/mol. The molecule has 0 bridgehead atoms. The maximum atomic E-state index is 3.64. The number of unbranched alkanes of at least 4 members (excludes halogenated alkanes) is 2.